The van der Waals surface area contributed by atoms with E-state index in [-0.39, 0.29) is 36.6 Å². The summed E-state index contributed by atoms with van der Waals surface area (Å²) in [6.45, 7) is 2.06. The maximum absolute atomic E-state index is 13.4. The van der Waals surface area contributed by atoms with Crippen molar-refractivity contribution in [2.45, 2.75) is 19.5 Å². The molecule has 0 fully saturated rings. The highest BCUT2D eigenvalue weighted by atomic mass is 16.5. The van der Waals surface area contributed by atoms with Crippen molar-refractivity contribution >= 4 is 11.8 Å². The zero-order chi connectivity index (χ0) is 24.6. The van der Waals surface area contributed by atoms with Gasteiger partial charge in [0.15, 0.2) is 11.5 Å². The van der Waals surface area contributed by atoms with Crippen LogP contribution in [0.4, 0.5) is 0 Å². The lowest BCUT2D eigenvalue weighted by Crippen LogP contribution is -2.41. The van der Waals surface area contributed by atoms with Gasteiger partial charge in [0.2, 0.25) is 5.91 Å². The first-order valence-electron chi connectivity index (χ1n) is 11.3. The predicted octanol–water partition coefficient (Wildman–Crippen LogP) is 4.87. The quantitative estimate of drug-likeness (QED) is 0.378. The van der Waals surface area contributed by atoms with E-state index in [9.17, 15) is 9.59 Å². The van der Waals surface area contributed by atoms with Gasteiger partial charge in [-0.1, -0.05) is 65.8 Å². The van der Waals surface area contributed by atoms with Crippen molar-refractivity contribution < 1.29 is 18.8 Å². The summed E-state index contributed by atoms with van der Waals surface area (Å²) in [5.74, 6) is 0.525. The van der Waals surface area contributed by atoms with Gasteiger partial charge in [-0.05, 0) is 42.3 Å². The summed E-state index contributed by atoms with van der Waals surface area (Å²) in [5, 5.41) is 6.96. The fraction of sp³-hybridized carbons (Fsp3) is 0.179. The zero-order valence-electron chi connectivity index (χ0n) is 19.7. The van der Waals surface area contributed by atoms with Crippen LogP contribution < -0.4 is 10.1 Å². The summed E-state index contributed by atoms with van der Waals surface area (Å²) in [5.41, 5.74) is 2.79. The minimum Gasteiger partial charge on any atom is -0.497 e. The van der Waals surface area contributed by atoms with Gasteiger partial charge < -0.3 is 19.5 Å². The van der Waals surface area contributed by atoms with Crippen LogP contribution in [0.2, 0.25) is 0 Å². The fourth-order valence-corrected chi connectivity index (χ4v) is 3.72. The second-order valence-electron chi connectivity index (χ2n) is 8.15. The third-order valence-electron chi connectivity index (χ3n) is 5.62. The molecule has 0 spiro atoms. The zero-order valence-corrected chi connectivity index (χ0v) is 19.7. The topological polar surface area (TPSA) is 84.7 Å². The number of nitrogens with one attached hydrogen (secondary N) is 1. The molecule has 0 bridgehead atoms. The van der Waals surface area contributed by atoms with Gasteiger partial charge >= 0.3 is 0 Å². The lowest BCUT2D eigenvalue weighted by atomic mass is 10.1. The Kier molecular flexibility index (Phi) is 7.57. The van der Waals surface area contributed by atoms with Gasteiger partial charge in [0.25, 0.3) is 5.91 Å². The smallest absolute Gasteiger partial charge is 0.276 e. The van der Waals surface area contributed by atoms with E-state index >= 15 is 0 Å². The summed E-state index contributed by atoms with van der Waals surface area (Å²) in [4.78, 5) is 27.7. The van der Waals surface area contributed by atoms with Gasteiger partial charge in [0.1, 0.15) is 12.3 Å². The molecule has 2 amide bonds. The van der Waals surface area contributed by atoms with Gasteiger partial charge in [-0.25, -0.2) is 0 Å². The molecule has 1 aromatic heterocycles. The van der Waals surface area contributed by atoms with Crippen LogP contribution in [0.25, 0.3) is 11.3 Å². The largest absolute Gasteiger partial charge is 0.497 e. The molecule has 7 heteroatoms. The van der Waals surface area contributed by atoms with E-state index in [0.29, 0.717) is 11.5 Å². The number of ether oxygens (including phenoxy) is 1. The van der Waals surface area contributed by atoms with E-state index in [1.165, 1.54) is 4.90 Å². The Bertz CT molecular complexity index is 1250. The third-order valence-corrected chi connectivity index (χ3v) is 5.62. The average Bonchev–Trinajstić information content (AvgIpc) is 3.39. The minimum absolute atomic E-state index is 0.115. The van der Waals surface area contributed by atoms with Crippen molar-refractivity contribution in [3.05, 3.63) is 108 Å². The molecule has 7 nitrogen and oxygen atoms in total. The number of benzene rings is 3. The van der Waals surface area contributed by atoms with Gasteiger partial charge in [-0.15, -0.1) is 0 Å². The van der Waals surface area contributed by atoms with Crippen LogP contribution in [0.3, 0.4) is 0 Å². The number of rotatable bonds is 9. The van der Waals surface area contributed by atoms with E-state index in [2.05, 4.69) is 10.5 Å². The molecule has 0 radical (unpaired) electrons. The molecule has 0 saturated carbocycles. The highest BCUT2D eigenvalue weighted by Crippen LogP contribution is 2.24. The molecule has 0 aliphatic rings. The van der Waals surface area contributed by atoms with Crippen molar-refractivity contribution in [3.63, 3.8) is 0 Å². The van der Waals surface area contributed by atoms with E-state index in [4.69, 9.17) is 9.26 Å². The molecule has 178 valence electrons. The first-order valence-corrected chi connectivity index (χ1v) is 11.3. The molecule has 3 aromatic carbocycles. The van der Waals surface area contributed by atoms with Crippen molar-refractivity contribution in [1.29, 1.82) is 0 Å². The Labute approximate surface area is 204 Å². The van der Waals surface area contributed by atoms with E-state index in [0.717, 1.165) is 16.7 Å². The van der Waals surface area contributed by atoms with Crippen LogP contribution in [-0.2, 0) is 11.3 Å². The molecular formula is C28H27N3O4. The molecule has 4 rings (SSSR count). The van der Waals surface area contributed by atoms with Crippen molar-refractivity contribution in [2.24, 2.45) is 0 Å². The first-order chi connectivity index (χ1) is 17.0. The van der Waals surface area contributed by atoms with Crippen LogP contribution in [0.1, 0.15) is 34.6 Å². The molecule has 1 atom stereocenters. The van der Waals surface area contributed by atoms with E-state index in [1.54, 1.807) is 25.3 Å². The predicted molar refractivity (Wildman–Crippen MR) is 133 cm³/mol. The first kappa shape index (κ1) is 23.8. The fourth-order valence-electron chi connectivity index (χ4n) is 3.72. The molecule has 4 aromatic rings. The summed E-state index contributed by atoms with van der Waals surface area (Å²) >= 11 is 0. The van der Waals surface area contributed by atoms with Crippen molar-refractivity contribution in [1.82, 2.24) is 15.4 Å². The maximum atomic E-state index is 13.4. The van der Waals surface area contributed by atoms with Gasteiger partial charge in [0.05, 0.1) is 13.2 Å². The average molecular weight is 470 g/mol. The number of methoxy groups -OCH3 is 1. The number of carbonyl (C=O) groups excluding carboxylic acids is 2. The second kappa shape index (κ2) is 11.2. The Balaban J connectivity index is 1.51. The number of aromatic nitrogens is 1. The van der Waals surface area contributed by atoms with Crippen molar-refractivity contribution in [2.75, 3.05) is 13.7 Å². The highest BCUT2D eigenvalue weighted by molar-refractivity contribution is 5.95. The monoisotopic (exact) mass is 469 g/mol. The van der Waals surface area contributed by atoms with Crippen LogP contribution in [0, 0.1) is 0 Å². The number of amides is 2. The number of nitrogens with zero attached hydrogens (tertiary/aromatic N) is 2. The summed E-state index contributed by atoms with van der Waals surface area (Å²) < 4.78 is 10.6. The number of hydrogen-bond acceptors (Lipinski definition) is 5. The Morgan fingerprint density at radius 2 is 1.63 bits per heavy atom. The molecule has 35 heavy (non-hydrogen) atoms. The standard InChI is InChI=1S/C28H27N3O4/c1-20(22-11-7-4-8-12-22)29-27(32)19-31(18-21-9-5-3-6-10-21)28(33)25-17-26(35-30-25)23-13-15-24(34-2)16-14-23/h3-17,20H,18-19H2,1-2H3,(H,29,32). The minimum atomic E-state index is -0.389. The lowest BCUT2D eigenvalue weighted by Gasteiger charge is -2.23. The van der Waals surface area contributed by atoms with Gasteiger partial charge in [-0.2, -0.15) is 0 Å². The maximum Gasteiger partial charge on any atom is 0.276 e. The van der Waals surface area contributed by atoms with Crippen LogP contribution in [0.15, 0.2) is 95.5 Å². The van der Waals surface area contributed by atoms with Crippen LogP contribution >= 0.6 is 0 Å². The number of hydrogen-bond donors (Lipinski definition) is 1. The Hall–Kier alpha value is -4.39. The summed E-state index contributed by atoms with van der Waals surface area (Å²) in [6, 6.07) is 27.9. The normalized spacial score (nSPS) is 11.5. The molecular weight excluding hydrogens is 442 g/mol. The van der Waals surface area contributed by atoms with E-state index in [1.807, 2.05) is 79.7 Å². The molecule has 0 saturated heterocycles. The van der Waals surface area contributed by atoms with Gasteiger partial charge in [0, 0.05) is 18.2 Å². The highest BCUT2D eigenvalue weighted by Gasteiger charge is 2.24. The second-order valence-corrected chi connectivity index (χ2v) is 8.15. The van der Waals surface area contributed by atoms with Crippen LogP contribution in [0.5, 0.6) is 5.75 Å². The van der Waals surface area contributed by atoms with Gasteiger partial charge in [-0.3, -0.25) is 9.59 Å². The lowest BCUT2D eigenvalue weighted by molar-refractivity contribution is -0.122. The summed E-state index contributed by atoms with van der Waals surface area (Å²) in [7, 11) is 1.60. The third kappa shape index (κ3) is 6.14. The molecule has 1 unspecified atom stereocenters. The van der Waals surface area contributed by atoms with Crippen molar-refractivity contribution in [3.8, 4) is 17.1 Å². The SMILES string of the molecule is COc1ccc(-c2cc(C(=O)N(CC(=O)NC(C)c3ccccc3)Cc3ccccc3)no2)cc1. The Morgan fingerprint density at radius 3 is 2.29 bits per heavy atom. The summed E-state index contributed by atoms with van der Waals surface area (Å²) in [6.07, 6.45) is 0. The molecule has 1 N–H and O–H groups in total. The molecule has 0 aliphatic heterocycles. The molecule has 1 heterocycles. The van der Waals surface area contributed by atoms with E-state index < -0.39 is 0 Å². The van der Waals surface area contributed by atoms with Crippen LogP contribution in [-0.4, -0.2) is 35.5 Å². The molecule has 0 aliphatic carbocycles. The number of carbonyl (C=O) groups is 2. The Morgan fingerprint density at radius 1 is 0.971 bits per heavy atom.